The van der Waals surface area contributed by atoms with Crippen LogP contribution >= 0.6 is 0 Å². The number of allylic oxidation sites excluding steroid dienone is 4. The van der Waals surface area contributed by atoms with E-state index in [0.29, 0.717) is 22.5 Å². The van der Waals surface area contributed by atoms with Gasteiger partial charge < -0.3 is 0 Å². The molecule has 0 saturated carbocycles. The molecule has 0 N–H and O–H groups in total. The first kappa shape index (κ1) is 16.4. The van der Waals surface area contributed by atoms with Crippen LogP contribution in [0, 0.1) is 47.4 Å². The maximum atomic E-state index is 4.44. The number of nitrogens with zero attached hydrogens (tertiary/aromatic N) is 1. The largest absolute Gasteiger partial charge is 0.228 e. The van der Waals surface area contributed by atoms with Gasteiger partial charge in [-0.15, -0.1) is 0 Å². The first-order valence-electron chi connectivity index (χ1n) is 6.31. The van der Waals surface area contributed by atoms with Gasteiger partial charge in [-0.3, -0.25) is 0 Å². The smallest absolute Gasteiger partial charge is 0.130 e. The van der Waals surface area contributed by atoms with Gasteiger partial charge in [-0.25, -0.2) is 4.98 Å². The van der Waals surface area contributed by atoms with Crippen LogP contribution in [0.3, 0.4) is 0 Å². The Morgan fingerprint density at radius 1 is 0.636 bits per heavy atom. The highest BCUT2D eigenvalue weighted by Crippen LogP contribution is 2.11. The molecule has 0 saturated heterocycles. The van der Waals surface area contributed by atoms with Gasteiger partial charge in [0.2, 0.25) is 0 Å². The summed E-state index contributed by atoms with van der Waals surface area (Å²) in [5.74, 6) is 22.8. The van der Waals surface area contributed by atoms with Crippen LogP contribution in [0.1, 0.15) is 22.5 Å². The van der Waals surface area contributed by atoms with Crippen molar-refractivity contribution >= 4 is 0 Å². The summed E-state index contributed by atoms with van der Waals surface area (Å²) in [5.41, 5.74) is 2.36. The zero-order valence-electron chi connectivity index (χ0n) is 12.2. The average Bonchev–Trinajstić information content (AvgIpc) is 2.55. The minimum Gasteiger partial charge on any atom is -0.228 e. The lowest BCUT2D eigenvalue weighted by molar-refractivity contribution is 1.22. The lowest BCUT2D eigenvalue weighted by Gasteiger charge is -2.01. The van der Waals surface area contributed by atoms with Gasteiger partial charge in [-0.2, -0.15) is 0 Å². The standard InChI is InChI=1S/C21H13N/c1-5-9-13-18-17-19(14-10-6-2)21(16-12-8-4)22-20(18)15-11-7-3/h5-8,17H,1-4H2. The molecule has 0 aliphatic carbocycles. The fourth-order valence-corrected chi connectivity index (χ4v) is 1.39. The minimum atomic E-state index is 0.520. The van der Waals surface area contributed by atoms with Gasteiger partial charge in [0.25, 0.3) is 0 Å². The number of hydrogen-bond donors (Lipinski definition) is 0. The molecule has 0 unspecified atom stereocenters. The fourth-order valence-electron chi connectivity index (χ4n) is 1.39. The Bertz CT molecular complexity index is 721. The average molecular weight is 279 g/mol. The van der Waals surface area contributed by atoms with Gasteiger partial charge in [0.1, 0.15) is 11.4 Å². The number of aromatic nitrogens is 1. The minimum absolute atomic E-state index is 0.520. The normalized spacial score (nSPS) is 7.27. The summed E-state index contributed by atoms with van der Waals surface area (Å²) >= 11 is 0. The number of hydrogen-bond acceptors (Lipinski definition) is 1. The SMILES string of the molecule is C=CC#Cc1cc(C#CC=C)c(C#CC=C)nc1C#CC=C. The van der Waals surface area contributed by atoms with Crippen LogP contribution in [0.4, 0.5) is 0 Å². The van der Waals surface area contributed by atoms with Crippen LogP contribution in [0.2, 0.25) is 0 Å². The predicted molar refractivity (Wildman–Crippen MR) is 92.5 cm³/mol. The summed E-state index contributed by atoms with van der Waals surface area (Å²) < 4.78 is 0. The molecule has 0 aliphatic heterocycles. The zero-order chi connectivity index (χ0) is 16.2. The van der Waals surface area contributed by atoms with Crippen LogP contribution in [-0.4, -0.2) is 4.98 Å². The Labute approximate surface area is 132 Å². The van der Waals surface area contributed by atoms with Crippen LogP contribution < -0.4 is 0 Å². The highest BCUT2D eigenvalue weighted by molar-refractivity contribution is 5.57. The van der Waals surface area contributed by atoms with E-state index in [1.54, 1.807) is 6.07 Å². The van der Waals surface area contributed by atoms with Crippen molar-refractivity contribution in [2.24, 2.45) is 0 Å². The fraction of sp³-hybridized carbons (Fsp3) is 0. The summed E-state index contributed by atoms with van der Waals surface area (Å²) in [6.45, 7) is 14.3. The topological polar surface area (TPSA) is 12.9 Å². The van der Waals surface area contributed by atoms with Gasteiger partial charge in [0, 0.05) is 0 Å². The van der Waals surface area contributed by atoms with E-state index in [9.17, 15) is 0 Å². The maximum absolute atomic E-state index is 4.44. The monoisotopic (exact) mass is 279 g/mol. The van der Waals surface area contributed by atoms with Crippen molar-refractivity contribution in [2.45, 2.75) is 0 Å². The number of rotatable bonds is 0. The van der Waals surface area contributed by atoms with E-state index in [1.165, 1.54) is 24.3 Å². The van der Waals surface area contributed by atoms with E-state index >= 15 is 0 Å². The molecule has 0 amide bonds. The molecule has 1 aromatic heterocycles. The molecule has 0 atom stereocenters. The van der Waals surface area contributed by atoms with Crippen molar-refractivity contribution in [1.82, 2.24) is 4.98 Å². The van der Waals surface area contributed by atoms with E-state index in [0.717, 1.165) is 0 Å². The third kappa shape index (κ3) is 4.79. The van der Waals surface area contributed by atoms with Crippen LogP contribution in [-0.2, 0) is 0 Å². The molecule has 0 spiro atoms. The molecular formula is C21H13N. The lowest BCUT2D eigenvalue weighted by atomic mass is 10.1. The predicted octanol–water partition coefficient (Wildman–Crippen LogP) is 3.23. The zero-order valence-corrected chi connectivity index (χ0v) is 12.2. The van der Waals surface area contributed by atoms with Crippen molar-refractivity contribution in [3.63, 3.8) is 0 Å². The second-order valence-electron chi connectivity index (χ2n) is 3.67. The van der Waals surface area contributed by atoms with E-state index in [1.807, 2.05) is 0 Å². The quantitative estimate of drug-likeness (QED) is 0.664. The second-order valence-corrected chi connectivity index (χ2v) is 3.67. The van der Waals surface area contributed by atoms with Gasteiger partial charge in [0.15, 0.2) is 0 Å². The van der Waals surface area contributed by atoms with Crippen molar-refractivity contribution in [2.75, 3.05) is 0 Å². The second kappa shape index (κ2) is 9.28. The van der Waals surface area contributed by atoms with Crippen LogP contribution in [0.25, 0.3) is 0 Å². The maximum Gasteiger partial charge on any atom is 0.130 e. The first-order valence-corrected chi connectivity index (χ1v) is 6.31. The highest BCUT2D eigenvalue weighted by Gasteiger charge is 2.06. The summed E-state index contributed by atoms with van der Waals surface area (Å²) in [5, 5.41) is 0. The summed E-state index contributed by atoms with van der Waals surface area (Å²) in [7, 11) is 0. The molecular weight excluding hydrogens is 266 g/mol. The Kier molecular flexibility index (Phi) is 6.92. The summed E-state index contributed by atoms with van der Waals surface area (Å²) in [6, 6.07) is 1.81. The van der Waals surface area contributed by atoms with Crippen molar-refractivity contribution in [3.05, 3.63) is 79.2 Å². The summed E-state index contributed by atoms with van der Waals surface area (Å²) in [6.07, 6.45) is 6.00. The van der Waals surface area contributed by atoms with Crippen molar-refractivity contribution in [3.8, 4) is 47.4 Å². The van der Waals surface area contributed by atoms with Gasteiger partial charge in [0.05, 0.1) is 11.1 Å². The van der Waals surface area contributed by atoms with E-state index in [-0.39, 0.29) is 0 Å². The third-order valence-corrected chi connectivity index (χ3v) is 2.23. The molecule has 0 aliphatic rings. The van der Waals surface area contributed by atoms with Crippen molar-refractivity contribution in [1.29, 1.82) is 0 Å². The van der Waals surface area contributed by atoms with Crippen molar-refractivity contribution < 1.29 is 0 Å². The van der Waals surface area contributed by atoms with Gasteiger partial charge in [-0.1, -0.05) is 61.8 Å². The Morgan fingerprint density at radius 3 is 1.36 bits per heavy atom. The molecule has 0 aromatic carbocycles. The lowest BCUT2D eigenvalue weighted by Crippen LogP contribution is -1.97. The molecule has 0 bridgehead atoms. The molecule has 102 valence electrons. The van der Waals surface area contributed by atoms with Crippen LogP contribution in [0.15, 0.2) is 56.7 Å². The van der Waals surface area contributed by atoms with Crippen LogP contribution in [0.5, 0.6) is 0 Å². The number of pyridine rings is 1. The van der Waals surface area contributed by atoms with E-state index in [4.69, 9.17) is 0 Å². The first-order chi connectivity index (χ1) is 10.8. The molecule has 1 heterocycles. The molecule has 0 fully saturated rings. The van der Waals surface area contributed by atoms with E-state index in [2.05, 4.69) is 78.7 Å². The Hall–Kier alpha value is -3.65. The molecule has 1 nitrogen and oxygen atoms in total. The Balaban J connectivity index is 3.68. The highest BCUT2D eigenvalue weighted by atomic mass is 14.7. The molecule has 0 radical (unpaired) electrons. The molecule has 1 heteroatoms. The third-order valence-electron chi connectivity index (χ3n) is 2.23. The molecule has 22 heavy (non-hydrogen) atoms. The molecule has 1 rings (SSSR count). The molecule has 1 aromatic rings. The van der Waals surface area contributed by atoms with Gasteiger partial charge >= 0.3 is 0 Å². The summed E-state index contributed by atoms with van der Waals surface area (Å²) in [4.78, 5) is 4.44. The Morgan fingerprint density at radius 2 is 1.00 bits per heavy atom. The van der Waals surface area contributed by atoms with E-state index < -0.39 is 0 Å². The van der Waals surface area contributed by atoms with Gasteiger partial charge in [-0.05, 0) is 42.2 Å².